The predicted molar refractivity (Wildman–Crippen MR) is 88.3 cm³/mol. The molecule has 0 spiro atoms. The van der Waals surface area contributed by atoms with E-state index in [4.69, 9.17) is 4.74 Å². The third kappa shape index (κ3) is 2.91. The number of hydrogen-bond donors (Lipinski definition) is 1. The second-order valence-electron chi connectivity index (χ2n) is 4.79. The lowest BCUT2D eigenvalue weighted by Crippen LogP contribution is -1.92. The van der Waals surface area contributed by atoms with Gasteiger partial charge in [0, 0.05) is 41.0 Å². The second-order valence-corrected chi connectivity index (χ2v) is 4.79. The zero-order valence-electron chi connectivity index (χ0n) is 12.2. The molecule has 0 unspecified atom stereocenters. The van der Waals surface area contributed by atoms with Crippen molar-refractivity contribution >= 4 is 22.7 Å². The van der Waals surface area contributed by atoms with Gasteiger partial charge < -0.3 is 9.84 Å². The fourth-order valence-electron chi connectivity index (χ4n) is 2.25. The number of benzene rings is 2. The van der Waals surface area contributed by atoms with Gasteiger partial charge in [0.25, 0.3) is 0 Å². The fourth-order valence-corrected chi connectivity index (χ4v) is 2.25. The van der Waals surface area contributed by atoms with E-state index in [1.807, 2.05) is 43.5 Å². The van der Waals surface area contributed by atoms with E-state index in [9.17, 15) is 5.11 Å². The Kier molecular flexibility index (Phi) is 4.01. The van der Waals surface area contributed by atoms with Crippen LogP contribution in [-0.2, 0) is 0 Å². The Morgan fingerprint density at radius 1 is 1.23 bits per heavy atom. The lowest BCUT2D eigenvalue weighted by molar-refractivity contribution is 0.337. The van der Waals surface area contributed by atoms with Gasteiger partial charge in [-0.05, 0) is 31.2 Å². The summed E-state index contributed by atoms with van der Waals surface area (Å²) >= 11 is 0. The van der Waals surface area contributed by atoms with Gasteiger partial charge in [-0.25, -0.2) is 0 Å². The minimum Gasteiger partial charge on any atom is -0.507 e. The van der Waals surface area contributed by atoms with Gasteiger partial charge in [-0.1, -0.05) is 12.1 Å². The zero-order valence-corrected chi connectivity index (χ0v) is 12.2. The van der Waals surface area contributed by atoms with Gasteiger partial charge in [-0.3, -0.25) is 9.98 Å². The van der Waals surface area contributed by atoms with Crippen LogP contribution in [0.4, 0.5) is 5.69 Å². The van der Waals surface area contributed by atoms with Crippen LogP contribution in [0.15, 0.2) is 59.9 Å². The molecule has 0 atom stereocenters. The van der Waals surface area contributed by atoms with Gasteiger partial charge >= 0.3 is 0 Å². The molecular formula is C18H16N2O2. The molecule has 4 nitrogen and oxygen atoms in total. The smallest absolute Gasteiger partial charge is 0.128 e. The highest BCUT2D eigenvalue weighted by Crippen LogP contribution is 2.26. The van der Waals surface area contributed by atoms with E-state index in [2.05, 4.69) is 9.98 Å². The van der Waals surface area contributed by atoms with E-state index in [1.165, 1.54) is 0 Å². The third-order valence-electron chi connectivity index (χ3n) is 3.31. The van der Waals surface area contributed by atoms with Crippen molar-refractivity contribution in [2.75, 3.05) is 6.61 Å². The Bertz CT molecular complexity index is 823. The number of rotatable bonds is 4. The van der Waals surface area contributed by atoms with Crippen LogP contribution >= 0.6 is 0 Å². The van der Waals surface area contributed by atoms with Gasteiger partial charge in [0.15, 0.2) is 0 Å². The maximum absolute atomic E-state index is 10.0. The Hall–Kier alpha value is -2.88. The van der Waals surface area contributed by atoms with Gasteiger partial charge in [-0.15, -0.1) is 0 Å². The van der Waals surface area contributed by atoms with Crippen LogP contribution < -0.4 is 4.74 Å². The summed E-state index contributed by atoms with van der Waals surface area (Å²) < 4.78 is 5.35. The van der Waals surface area contributed by atoms with Crippen molar-refractivity contribution in [1.82, 2.24) is 4.98 Å². The van der Waals surface area contributed by atoms with Crippen LogP contribution in [0.5, 0.6) is 11.5 Å². The van der Waals surface area contributed by atoms with E-state index < -0.39 is 0 Å². The van der Waals surface area contributed by atoms with Crippen molar-refractivity contribution in [3.63, 3.8) is 0 Å². The first-order chi connectivity index (χ1) is 10.8. The average molecular weight is 292 g/mol. The monoisotopic (exact) mass is 292 g/mol. The number of hydrogen-bond acceptors (Lipinski definition) is 4. The molecule has 1 heterocycles. The highest BCUT2D eigenvalue weighted by Gasteiger charge is 2.02. The molecule has 22 heavy (non-hydrogen) atoms. The number of phenolic OH excluding ortho intramolecular Hbond substituents is 1. The Morgan fingerprint density at radius 2 is 2.14 bits per heavy atom. The molecule has 0 fully saturated rings. The number of fused-ring (bicyclic) bond motifs is 1. The topological polar surface area (TPSA) is 54.7 Å². The van der Waals surface area contributed by atoms with Crippen LogP contribution in [0.3, 0.4) is 0 Å². The molecule has 0 radical (unpaired) electrons. The van der Waals surface area contributed by atoms with Gasteiger partial charge in [0.2, 0.25) is 0 Å². The summed E-state index contributed by atoms with van der Waals surface area (Å²) in [5.41, 5.74) is 1.49. The van der Waals surface area contributed by atoms with Crippen molar-refractivity contribution in [2.45, 2.75) is 6.92 Å². The summed E-state index contributed by atoms with van der Waals surface area (Å²) in [6.07, 6.45) is 5.21. The average Bonchev–Trinajstić information content (AvgIpc) is 2.54. The van der Waals surface area contributed by atoms with E-state index in [1.54, 1.807) is 24.5 Å². The molecule has 1 N–H and O–H groups in total. The fraction of sp³-hybridized carbons (Fsp3) is 0.111. The molecule has 0 saturated heterocycles. The normalized spacial score (nSPS) is 11.1. The molecule has 0 bridgehead atoms. The lowest BCUT2D eigenvalue weighted by Gasteiger charge is -2.05. The number of pyridine rings is 1. The lowest BCUT2D eigenvalue weighted by atomic mass is 10.1. The SMILES string of the molecule is CCOc1ccc(C=Nc2cccc3cnccc23)c(O)c1. The molecular weight excluding hydrogens is 276 g/mol. The molecule has 2 aromatic carbocycles. The highest BCUT2D eigenvalue weighted by molar-refractivity contribution is 5.95. The standard InChI is InChI=1S/C18H16N2O2/c1-2-22-15-7-6-14(18(21)10-15)12-20-17-5-3-4-13-11-19-9-8-16(13)17/h3-12,21H,2H2,1H3. The van der Waals surface area contributed by atoms with E-state index in [0.29, 0.717) is 17.9 Å². The van der Waals surface area contributed by atoms with E-state index in [-0.39, 0.29) is 5.75 Å². The first-order valence-corrected chi connectivity index (χ1v) is 7.10. The van der Waals surface area contributed by atoms with Crippen molar-refractivity contribution in [2.24, 2.45) is 4.99 Å². The molecule has 0 aliphatic heterocycles. The molecule has 4 heteroatoms. The van der Waals surface area contributed by atoms with E-state index >= 15 is 0 Å². The van der Waals surface area contributed by atoms with Crippen LogP contribution in [0.25, 0.3) is 10.8 Å². The molecule has 110 valence electrons. The van der Waals surface area contributed by atoms with Crippen LogP contribution in [0.1, 0.15) is 12.5 Å². The van der Waals surface area contributed by atoms with E-state index in [0.717, 1.165) is 16.5 Å². The summed E-state index contributed by atoms with van der Waals surface area (Å²) in [5, 5.41) is 12.1. The maximum Gasteiger partial charge on any atom is 0.128 e. The van der Waals surface area contributed by atoms with Crippen LogP contribution in [0, 0.1) is 0 Å². The predicted octanol–water partition coefficient (Wildman–Crippen LogP) is 4.09. The number of aliphatic imine (C=N–C) groups is 1. The minimum atomic E-state index is 0.150. The Morgan fingerprint density at radius 3 is 2.95 bits per heavy atom. The number of nitrogens with zero attached hydrogens (tertiary/aromatic N) is 2. The first-order valence-electron chi connectivity index (χ1n) is 7.10. The maximum atomic E-state index is 10.0. The van der Waals surface area contributed by atoms with Gasteiger partial charge in [0.05, 0.1) is 12.3 Å². The summed E-state index contributed by atoms with van der Waals surface area (Å²) in [6, 6.07) is 13.0. The summed E-state index contributed by atoms with van der Waals surface area (Å²) in [4.78, 5) is 8.60. The highest BCUT2D eigenvalue weighted by atomic mass is 16.5. The Labute approximate surface area is 128 Å². The zero-order chi connectivity index (χ0) is 15.4. The quantitative estimate of drug-likeness (QED) is 0.737. The summed E-state index contributed by atoms with van der Waals surface area (Å²) in [5.74, 6) is 0.796. The van der Waals surface area contributed by atoms with Crippen LogP contribution in [0.2, 0.25) is 0 Å². The van der Waals surface area contributed by atoms with Gasteiger partial charge in [0.1, 0.15) is 11.5 Å². The van der Waals surface area contributed by atoms with Crippen molar-refractivity contribution in [3.8, 4) is 11.5 Å². The summed E-state index contributed by atoms with van der Waals surface area (Å²) in [7, 11) is 0. The number of ether oxygens (including phenoxy) is 1. The van der Waals surface area contributed by atoms with Gasteiger partial charge in [-0.2, -0.15) is 0 Å². The third-order valence-corrected chi connectivity index (χ3v) is 3.31. The molecule has 0 aliphatic rings. The number of aromatic nitrogens is 1. The Balaban J connectivity index is 1.93. The largest absolute Gasteiger partial charge is 0.507 e. The van der Waals surface area contributed by atoms with Crippen molar-refractivity contribution in [3.05, 3.63) is 60.4 Å². The van der Waals surface area contributed by atoms with Crippen LogP contribution in [-0.4, -0.2) is 22.9 Å². The molecule has 3 aromatic rings. The molecule has 1 aromatic heterocycles. The van der Waals surface area contributed by atoms with Crippen molar-refractivity contribution in [1.29, 1.82) is 0 Å². The van der Waals surface area contributed by atoms with Crippen molar-refractivity contribution < 1.29 is 9.84 Å². The molecule has 0 aliphatic carbocycles. The minimum absolute atomic E-state index is 0.150. The first kappa shape index (κ1) is 14.1. The summed E-state index contributed by atoms with van der Waals surface area (Å²) in [6.45, 7) is 2.47. The number of phenols is 1. The number of aromatic hydroxyl groups is 1. The second kappa shape index (κ2) is 6.26. The molecule has 0 amide bonds. The molecule has 3 rings (SSSR count). The molecule has 0 saturated carbocycles.